The number of nitrogens with zero attached hydrogens (tertiary/aromatic N) is 2. The lowest BCUT2D eigenvalue weighted by Gasteiger charge is -2.36. The highest BCUT2D eigenvalue weighted by Crippen LogP contribution is 2.18. The van der Waals surface area contributed by atoms with Crippen LogP contribution >= 0.6 is 0 Å². The van der Waals surface area contributed by atoms with Gasteiger partial charge >= 0.3 is 12.1 Å². The van der Waals surface area contributed by atoms with Crippen molar-refractivity contribution in [2.24, 2.45) is 0 Å². The summed E-state index contributed by atoms with van der Waals surface area (Å²) < 4.78 is 4.56. The van der Waals surface area contributed by atoms with Crippen molar-refractivity contribution in [3.63, 3.8) is 0 Å². The SMILES string of the molecule is CCN1CCC(N(C)C(=O)Nc2cccc(NC(=O)OC)c2)CC1. The number of benzene rings is 1. The Morgan fingerprint density at radius 2 is 1.88 bits per heavy atom. The molecule has 1 aliphatic rings. The van der Waals surface area contributed by atoms with E-state index in [1.54, 1.807) is 29.2 Å². The maximum absolute atomic E-state index is 12.4. The van der Waals surface area contributed by atoms with Gasteiger partial charge in [0.1, 0.15) is 0 Å². The van der Waals surface area contributed by atoms with Crippen molar-refractivity contribution in [2.75, 3.05) is 44.4 Å². The second kappa shape index (κ2) is 8.54. The van der Waals surface area contributed by atoms with Crippen LogP contribution in [0.1, 0.15) is 19.8 Å². The minimum Gasteiger partial charge on any atom is -0.453 e. The van der Waals surface area contributed by atoms with Crippen LogP contribution < -0.4 is 10.6 Å². The third-order valence-corrected chi connectivity index (χ3v) is 4.42. The van der Waals surface area contributed by atoms with E-state index >= 15 is 0 Å². The minimum atomic E-state index is -0.543. The molecule has 132 valence electrons. The Labute approximate surface area is 142 Å². The standard InChI is InChI=1S/C17H26N4O3/c1-4-21-10-8-15(9-11-21)20(2)16(22)18-13-6-5-7-14(12-13)19-17(23)24-3/h5-7,12,15H,4,8-11H2,1-3H3,(H,18,22)(H,19,23). The highest BCUT2D eigenvalue weighted by molar-refractivity contribution is 5.91. The van der Waals surface area contributed by atoms with Gasteiger partial charge in [0, 0.05) is 37.6 Å². The number of piperidine rings is 1. The zero-order valence-electron chi connectivity index (χ0n) is 14.5. The number of carbonyl (C=O) groups excluding carboxylic acids is 2. The van der Waals surface area contributed by atoms with Crippen LogP contribution in [0.2, 0.25) is 0 Å². The van der Waals surface area contributed by atoms with Crippen molar-refractivity contribution in [1.29, 1.82) is 0 Å². The van der Waals surface area contributed by atoms with Crippen molar-refractivity contribution in [3.05, 3.63) is 24.3 Å². The molecule has 3 amide bonds. The molecule has 0 radical (unpaired) electrons. The molecule has 1 fully saturated rings. The van der Waals surface area contributed by atoms with Crippen LogP contribution in [0.5, 0.6) is 0 Å². The third-order valence-electron chi connectivity index (χ3n) is 4.42. The van der Waals surface area contributed by atoms with E-state index in [1.165, 1.54) is 7.11 Å². The number of ether oxygens (including phenoxy) is 1. The molecule has 2 N–H and O–H groups in total. The average Bonchev–Trinajstić information content (AvgIpc) is 2.61. The zero-order chi connectivity index (χ0) is 17.5. The van der Waals surface area contributed by atoms with Crippen LogP contribution in [0.3, 0.4) is 0 Å². The van der Waals surface area contributed by atoms with Crippen molar-refractivity contribution in [3.8, 4) is 0 Å². The predicted octanol–water partition coefficient (Wildman–Crippen LogP) is 2.81. The van der Waals surface area contributed by atoms with Crippen molar-refractivity contribution in [1.82, 2.24) is 9.80 Å². The van der Waals surface area contributed by atoms with Crippen LogP contribution in [-0.4, -0.2) is 61.8 Å². The topological polar surface area (TPSA) is 73.9 Å². The first-order valence-electron chi connectivity index (χ1n) is 8.24. The van der Waals surface area contributed by atoms with E-state index in [2.05, 4.69) is 27.2 Å². The van der Waals surface area contributed by atoms with Crippen molar-refractivity contribution in [2.45, 2.75) is 25.8 Å². The second-order valence-electron chi connectivity index (χ2n) is 5.90. The van der Waals surface area contributed by atoms with Gasteiger partial charge in [0.05, 0.1) is 7.11 Å². The molecule has 1 heterocycles. The molecule has 1 aliphatic heterocycles. The number of likely N-dealkylation sites (tertiary alicyclic amines) is 1. The van der Waals surface area contributed by atoms with E-state index < -0.39 is 6.09 Å². The van der Waals surface area contributed by atoms with Crippen LogP contribution in [0.4, 0.5) is 21.0 Å². The molecule has 1 aromatic rings. The number of hydrogen-bond donors (Lipinski definition) is 2. The molecule has 0 aromatic heterocycles. The van der Waals surface area contributed by atoms with E-state index in [0.717, 1.165) is 32.5 Å². The van der Waals surface area contributed by atoms with Crippen molar-refractivity contribution < 1.29 is 14.3 Å². The van der Waals surface area contributed by atoms with Crippen LogP contribution in [-0.2, 0) is 4.74 Å². The lowest BCUT2D eigenvalue weighted by atomic mass is 10.0. The quantitative estimate of drug-likeness (QED) is 0.888. The molecule has 1 saturated heterocycles. The van der Waals surface area contributed by atoms with E-state index in [9.17, 15) is 9.59 Å². The van der Waals surface area contributed by atoms with Gasteiger partial charge < -0.3 is 19.9 Å². The molecule has 24 heavy (non-hydrogen) atoms. The van der Waals surface area contributed by atoms with E-state index in [-0.39, 0.29) is 12.1 Å². The molecule has 2 rings (SSSR count). The summed E-state index contributed by atoms with van der Waals surface area (Å²) in [6.45, 7) is 5.27. The number of nitrogens with one attached hydrogen (secondary N) is 2. The molecule has 1 aromatic carbocycles. The summed E-state index contributed by atoms with van der Waals surface area (Å²) in [4.78, 5) is 27.9. The Morgan fingerprint density at radius 3 is 2.46 bits per heavy atom. The number of anilines is 2. The maximum Gasteiger partial charge on any atom is 0.411 e. The number of methoxy groups -OCH3 is 1. The van der Waals surface area contributed by atoms with Gasteiger partial charge in [-0.25, -0.2) is 9.59 Å². The first-order valence-corrected chi connectivity index (χ1v) is 8.24. The zero-order valence-corrected chi connectivity index (χ0v) is 14.5. The number of urea groups is 1. The Kier molecular flexibility index (Phi) is 6.43. The average molecular weight is 334 g/mol. The summed E-state index contributed by atoms with van der Waals surface area (Å²) in [5.74, 6) is 0. The summed E-state index contributed by atoms with van der Waals surface area (Å²) in [5.41, 5.74) is 1.20. The highest BCUT2D eigenvalue weighted by Gasteiger charge is 2.24. The van der Waals surface area contributed by atoms with E-state index in [4.69, 9.17) is 0 Å². The van der Waals surface area contributed by atoms with Gasteiger partial charge in [0.15, 0.2) is 0 Å². The van der Waals surface area contributed by atoms with Gasteiger partial charge in [0.2, 0.25) is 0 Å². The molecule has 0 aliphatic carbocycles. The first-order chi connectivity index (χ1) is 11.5. The fourth-order valence-corrected chi connectivity index (χ4v) is 2.84. The van der Waals surface area contributed by atoms with Crippen LogP contribution in [0.25, 0.3) is 0 Å². The normalized spacial score (nSPS) is 15.6. The number of amides is 3. The lowest BCUT2D eigenvalue weighted by molar-refractivity contribution is 0.145. The molecule has 7 nitrogen and oxygen atoms in total. The fourth-order valence-electron chi connectivity index (χ4n) is 2.84. The minimum absolute atomic E-state index is 0.139. The summed E-state index contributed by atoms with van der Waals surface area (Å²) in [7, 11) is 3.14. The molecule has 0 spiro atoms. The molecule has 0 atom stereocenters. The largest absolute Gasteiger partial charge is 0.453 e. The van der Waals surface area contributed by atoms with E-state index in [0.29, 0.717) is 11.4 Å². The molecule has 7 heteroatoms. The van der Waals surface area contributed by atoms with Gasteiger partial charge in [-0.2, -0.15) is 0 Å². The Morgan fingerprint density at radius 1 is 1.25 bits per heavy atom. The monoisotopic (exact) mass is 334 g/mol. The molecule has 0 saturated carbocycles. The summed E-state index contributed by atoms with van der Waals surface area (Å²) in [6, 6.07) is 7.09. The molecule has 0 bridgehead atoms. The van der Waals surface area contributed by atoms with Gasteiger partial charge in [-0.1, -0.05) is 13.0 Å². The lowest BCUT2D eigenvalue weighted by Crippen LogP contribution is -2.46. The third kappa shape index (κ3) is 4.86. The van der Waals surface area contributed by atoms with Gasteiger partial charge in [-0.3, -0.25) is 5.32 Å². The Balaban J connectivity index is 1.91. The van der Waals surface area contributed by atoms with Crippen LogP contribution in [0, 0.1) is 0 Å². The molecule has 0 unspecified atom stereocenters. The Bertz CT molecular complexity index is 571. The van der Waals surface area contributed by atoms with E-state index in [1.807, 2.05) is 7.05 Å². The maximum atomic E-state index is 12.4. The fraction of sp³-hybridized carbons (Fsp3) is 0.529. The predicted molar refractivity (Wildman–Crippen MR) is 94.4 cm³/mol. The van der Waals surface area contributed by atoms with Crippen molar-refractivity contribution >= 4 is 23.5 Å². The Hall–Kier alpha value is -2.28. The first kappa shape index (κ1) is 18.1. The second-order valence-corrected chi connectivity index (χ2v) is 5.90. The summed E-state index contributed by atoms with van der Waals surface area (Å²) in [5, 5.41) is 5.45. The number of rotatable bonds is 4. The summed E-state index contributed by atoms with van der Waals surface area (Å²) in [6.07, 6.45) is 1.43. The molecular weight excluding hydrogens is 308 g/mol. The smallest absolute Gasteiger partial charge is 0.411 e. The van der Waals surface area contributed by atoms with Gasteiger partial charge in [0.25, 0.3) is 0 Å². The highest BCUT2D eigenvalue weighted by atomic mass is 16.5. The number of hydrogen-bond acceptors (Lipinski definition) is 4. The van der Waals surface area contributed by atoms with Gasteiger partial charge in [-0.05, 0) is 37.6 Å². The van der Waals surface area contributed by atoms with Crippen LogP contribution in [0.15, 0.2) is 24.3 Å². The number of carbonyl (C=O) groups is 2. The van der Waals surface area contributed by atoms with Gasteiger partial charge in [-0.15, -0.1) is 0 Å². The summed E-state index contributed by atoms with van der Waals surface area (Å²) >= 11 is 0. The molecular formula is C17H26N4O3.